The topological polar surface area (TPSA) is 50.8 Å². The Labute approximate surface area is 90.7 Å². The summed E-state index contributed by atoms with van der Waals surface area (Å²) in [5.41, 5.74) is 0. The van der Waals surface area contributed by atoms with Crippen LogP contribution in [0.3, 0.4) is 0 Å². The van der Waals surface area contributed by atoms with Gasteiger partial charge in [0.2, 0.25) is 0 Å². The second-order valence-electron chi connectivity index (χ2n) is 3.44. The van der Waals surface area contributed by atoms with Gasteiger partial charge in [-0.15, -0.1) is 0 Å². The normalized spacial score (nSPS) is 17.7. The molecule has 0 atom stereocenters. The van der Waals surface area contributed by atoms with E-state index in [4.69, 9.17) is 9.47 Å². The Morgan fingerprint density at radius 1 is 1.33 bits per heavy atom. The molecule has 0 radical (unpaired) electrons. The van der Waals surface area contributed by atoms with Crippen LogP contribution in [0.1, 0.15) is 6.92 Å². The summed E-state index contributed by atoms with van der Waals surface area (Å²) < 4.78 is 10.1. The van der Waals surface area contributed by atoms with Gasteiger partial charge in [0.05, 0.1) is 13.2 Å². The smallest absolute Gasteiger partial charge is 0.320 e. The molecular weight excluding hydrogens is 196 g/mol. The highest BCUT2D eigenvalue weighted by atomic mass is 16.6. The van der Waals surface area contributed by atoms with Gasteiger partial charge in [-0.25, -0.2) is 0 Å². The van der Waals surface area contributed by atoms with Crippen LogP contribution in [0.15, 0.2) is 0 Å². The largest absolute Gasteiger partial charge is 0.462 e. The van der Waals surface area contributed by atoms with Crippen molar-refractivity contribution in [1.29, 1.82) is 0 Å². The lowest BCUT2D eigenvalue weighted by molar-refractivity contribution is -0.146. The minimum atomic E-state index is -0.156. The zero-order chi connectivity index (χ0) is 10.9. The molecule has 0 aliphatic carbocycles. The Morgan fingerprint density at radius 2 is 2.07 bits per heavy atom. The third-order valence-electron chi connectivity index (χ3n) is 2.26. The number of carbonyl (C=O) groups excluding carboxylic acids is 1. The third-order valence-corrected chi connectivity index (χ3v) is 2.26. The average Bonchev–Trinajstić information content (AvgIpc) is 2.26. The predicted octanol–water partition coefficient (Wildman–Crippen LogP) is -0.529. The lowest BCUT2D eigenvalue weighted by atomic mass is 10.3. The molecule has 1 rings (SSSR count). The summed E-state index contributed by atoms with van der Waals surface area (Å²) in [6.45, 7) is 7.56. The molecule has 0 bridgehead atoms. The molecule has 1 heterocycles. The molecule has 0 aromatic heterocycles. The van der Waals surface area contributed by atoms with Gasteiger partial charge in [-0.3, -0.25) is 9.69 Å². The van der Waals surface area contributed by atoms with Crippen molar-refractivity contribution in [3.8, 4) is 0 Å². The first kappa shape index (κ1) is 12.4. The van der Waals surface area contributed by atoms with Crippen LogP contribution in [0.25, 0.3) is 0 Å². The maximum Gasteiger partial charge on any atom is 0.320 e. The minimum absolute atomic E-state index is 0.156. The Bertz CT molecular complexity index is 182. The van der Waals surface area contributed by atoms with Gasteiger partial charge in [-0.1, -0.05) is 0 Å². The van der Waals surface area contributed by atoms with E-state index in [1.54, 1.807) is 0 Å². The van der Waals surface area contributed by atoms with Gasteiger partial charge >= 0.3 is 5.97 Å². The SMILES string of the molecule is CCOCCOC(=O)CN1CCNCC1. The van der Waals surface area contributed by atoms with Crippen LogP contribution in [-0.2, 0) is 14.3 Å². The Morgan fingerprint density at radius 3 is 2.73 bits per heavy atom. The number of nitrogens with one attached hydrogen (secondary N) is 1. The first-order chi connectivity index (χ1) is 7.33. The maximum atomic E-state index is 11.3. The first-order valence-corrected chi connectivity index (χ1v) is 5.49. The second kappa shape index (κ2) is 7.62. The number of hydrogen-bond acceptors (Lipinski definition) is 5. The zero-order valence-corrected chi connectivity index (χ0v) is 9.33. The third kappa shape index (κ3) is 5.71. The molecule has 1 fully saturated rings. The molecule has 0 aromatic carbocycles. The summed E-state index contributed by atoms with van der Waals surface area (Å²) in [5.74, 6) is -0.156. The van der Waals surface area contributed by atoms with Gasteiger partial charge in [-0.2, -0.15) is 0 Å². The van der Waals surface area contributed by atoms with Crippen LogP contribution in [0.4, 0.5) is 0 Å². The van der Waals surface area contributed by atoms with Gasteiger partial charge in [0, 0.05) is 32.8 Å². The molecule has 0 saturated carbocycles. The fourth-order valence-electron chi connectivity index (χ4n) is 1.46. The van der Waals surface area contributed by atoms with Crippen molar-refractivity contribution in [3.63, 3.8) is 0 Å². The monoisotopic (exact) mass is 216 g/mol. The lowest BCUT2D eigenvalue weighted by Crippen LogP contribution is -2.45. The lowest BCUT2D eigenvalue weighted by Gasteiger charge is -2.25. The second-order valence-corrected chi connectivity index (χ2v) is 3.44. The van der Waals surface area contributed by atoms with Gasteiger partial charge in [0.15, 0.2) is 0 Å². The Hall–Kier alpha value is -0.650. The molecule has 5 nitrogen and oxygen atoms in total. The number of carbonyl (C=O) groups is 1. The minimum Gasteiger partial charge on any atom is -0.462 e. The van der Waals surface area contributed by atoms with E-state index in [1.165, 1.54) is 0 Å². The van der Waals surface area contributed by atoms with Crippen LogP contribution in [0, 0.1) is 0 Å². The van der Waals surface area contributed by atoms with Crippen LogP contribution in [0.5, 0.6) is 0 Å². The van der Waals surface area contributed by atoms with E-state index in [9.17, 15) is 4.79 Å². The quantitative estimate of drug-likeness (QED) is 0.478. The Kier molecular flexibility index (Phi) is 6.31. The number of esters is 1. The molecule has 5 heteroatoms. The number of hydrogen-bond donors (Lipinski definition) is 1. The zero-order valence-electron chi connectivity index (χ0n) is 9.33. The van der Waals surface area contributed by atoms with E-state index in [0.29, 0.717) is 26.4 Å². The average molecular weight is 216 g/mol. The van der Waals surface area contributed by atoms with Crippen LogP contribution < -0.4 is 5.32 Å². The number of ether oxygens (including phenoxy) is 2. The van der Waals surface area contributed by atoms with Crippen molar-refractivity contribution < 1.29 is 14.3 Å². The number of piperazine rings is 1. The van der Waals surface area contributed by atoms with E-state index in [2.05, 4.69) is 10.2 Å². The molecular formula is C10H20N2O3. The summed E-state index contributed by atoms with van der Waals surface area (Å²) >= 11 is 0. The highest BCUT2D eigenvalue weighted by Gasteiger charge is 2.13. The molecule has 0 spiro atoms. The summed E-state index contributed by atoms with van der Waals surface area (Å²) in [5, 5.41) is 3.23. The van der Waals surface area contributed by atoms with Gasteiger partial charge in [-0.05, 0) is 6.92 Å². The van der Waals surface area contributed by atoms with Crippen LogP contribution >= 0.6 is 0 Å². The molecule has 0 amide bonds. The standard InChI is InChI=1S/C10H20N2O3/c1-2-14-7-8-15-10(13)9-12-5-3-11-4-6-12/h11H,2-9H2,1H3. The summed E-state index contributed by atoms with van der Waals surface area (Å²) in [7, 11) is 0. The highest BCUT2D eigenvalue weighted by Crippen LogP contribution is 1.93. The van der Waals surface area contributed by atoms with E-state index >= 15 is 0 Å². The van der Waals surface area contributed by atoms with Crippen molar-refractivity contribution in [2.45, 2.75) is 6.92 Å². The molecule has 1 aliphatic rings. The molecule has 1 aliphatic heterocycles. The Balaban J connectivity index is 2.01. The van der Waals surface area contributed by atoms with Crippen LogP contribution in [-0.4, -0.2) is 63.4 Å². The van der Waals surface area contributed by atoms with Gasteiger partial charge in [0.1, 0.15) is 6.61 Å². The number of rotatable bonds is 6. The van der Waals surface area contributed by atoms with Crippen molar-refractivity contribution >= 4 is 5.97 Å². The van der Waals surface area contributed by atoms with Crippen molar-refractivity contribution in [3.05, 3.63) is 0 Å². The van der Waals surface area contributed by atoms with E-state index in [0.717, 1.165) is 26.2 Å². The summed E-state index contributed by atoms with van der Waals surface area (Å²) in [6, 6.07) is 0. The predicted molar refractivity (Wildman–Crippen MR) is 56.8 cm³/mol. The van der Waals surface area contributed by atoms with Crippen molar-refractivity contribution in [2.24, 2.45) is 0 Å². The summed E-state index contributed by atoms with van der Waals surface area (Å²) in [4.78, 5) is 13.4. The van der Waals surface area contributed by atoms with E-state index in [-0.39, 0.29) is 5.97 Å². The van der Waals surface area contributed by atoms with E-state index < -0.39 is 0 Å². The fourth-order valence-corrected chi connectivity index (χ4v) is 1.46. The molecule has 88 valence electrons. The molecule has 0 unspecified atom stereocenters. The molecule has 0 aromatic rings. The first-order valence-electron chi connectivity index (χ1n) is 5.49. The van der Waals surface area contributed by atoms with E-state index in [1.807, 2.05) is 6.92 Å². The highest BCUT2D eigenvalue weighted by molar-refractivity contribution is 5.71. The molecule has 1 N–H and O–H groups in total. The molecule has 15 heavy (non-hydrogen) atoms. The van der Waals surface area contributed by atoms with Crippen molar-refractivity contribution in [2.75, 3.05) is 52.5 Å². The van der Waals surface area contributed by atoms with Gasteiger partial charge in [0.25, 0.3) is 0 Å². The summed E-state index contributed by atoms with van der Waals surface area (Å²) in [6.07, 6.45) is 0. The fraction of sp³-hybridized carbons (Fsp3) is 0.900. The van der Waals surface area contributed by atoms with Gasteiger partial charge < -0.3 is 14.8 Å². The maximum absolute atomic E-state index is 11.3. The number of nitrogens with zero attached hydrogens (tertiary/aromatic N) is 1. The van der Waals surface area contributed by atoms with Crippen LogP contribution in [0.2, 0.25) is 0 Å². The molecule has 1 saturated heterocycles. The van der Waals surface area contributed by atoms with Crippen molar-refractivity contribution in [1.82, 2.24) is 10.2 Å².